The van der Waals surface area contributed by atoms with Crippen molar-refractivity contribution in [2.75, 3.05) is 5.73 Å². The molecule has 0 aliphatic rings. The van der Waals surface area contributed by atoms with Crippen molar-refractivity contribution in [1.82, 2.24) is 9.97 Å². The molecule has 0 amide bonds. The number of aryl methyl sites for hydroxylation is 1. The lowest BCUT2D eigenvalue weighted by Gasteiger charge is -2.02. The van der Waals surface area contributed by atoms with Crippen LogP contribution in [0.4, 0.5) is 5.95 Å². The van der Waals surface area contributed by atoms with Gasteiger partial charge in [0.1, 0.15) is 11.0 Å². The zero-order valence-corrected chi connectivity index (χ0v) is 9.10. The molecule has 3 rings (SSSR count). The molecule has 17 heavy (non-hydrogen) atoms. The minimum absolute atomic E-state index is 0.144. The van der Waals surface area contributed by atoms with Crippen molar-refractivity contribution in [2.45, 2.75) is 6.92 Å². The molecular formula is C12H9N3O2. The Morgan fingerprint density at radius 1 is 1.29 bits per heavy atom. The van der Waals surface area contributed by atoms with Gasteiger partial charge in [-0.15, -0.1) is 0 Å². The number of aromatic nitrogens is 2. The third-order valence-corrected chi connectivity index (χ3v) is 2.62. The van der Waals surface area contributed by atoms with Gasteiger partial charge in [-0.2, -0.15) is 0 Å². The number of fused-ring (bicyclic) bond motifs is 3. The van der Waals surface area contributed by atoms with E-state index >= 15 is 0 Å². The summed E-state index contributed by atoms with van der Waals surface area (Å²) in [6.07, 6.45) is 1.39. The molecule has 0 atom stereocenters. The summed E-state index contributed by atoms with van der Waals surface area (Å²) in [4.78, 5) is 19.6. The average molecular weight is 227 g/mol. The number of nitrogen functional groups attached to an aromatic ring is 1. The van der Waals surface area contributed by atoms with Crippen LogP contribution in [-0.4, -0.2) is 9.97 Å². The minimum Gasteiger partial charge on any atom is -0.422 e. The number of hydrogen-bond donors (Lipinski definition) is 1. The van der Waals surface area contributed by atoms with Crippen molar-refractivity contribution < 1.29 is 4.42 Å². The third kappa shape index (κ3) is 1.44. The van der Waals surface area contributed by atoms with Gasteiger partial charge in [-0.1, -0.05) is 11.6 Å². The Balaban J connectivity index is 2.64. The Bertz CT molecular complexity index is 793. The van der Waals surface area contributed by atoms with Gasteiger partial charge in [0.2, 0.25) is 5.95 Å². The van der Waals surface area contributed by atoms with Gasteiger partial charge in [0.25, 0.3) is 0 Å². The van der Waals surface area contributed by atoms with Crippen LogP contribution >= 0.6 is 0 Å². The molecular weight excluding hydrogens is 218 g/mol. The summed E-state index contributed by atoms with van der Waals surface area (Å²) < 4.78 is 5.19. The SMILES string of the molecule is Cc1ccc2oc(=O)c3cnc(N)nc3c2c1. The van der Waals surface area contributed by atoms with Crippen molar-refractivity contribution in [1.29, 1.82) is 0 Å². The fourth-order valence-corrected chi connectivity index (χ4v) is 1.82. The predicted molar refractivity (Wildman–Crippen MR) is 64.7 cm³/mol. The predicted octanol–water partition coefficient (Wildman–Crippen LogP) is 1.63. The second kappa shape index (κ2) is 3.28. The second-order valence-corrected chi connectivity index (χ2v) is 3.88. The first kappa shape index (κ1) is 9.77. The molecule has 0 bridgehead atoms. The number of rotatable bonds is 0. The van der Waals surface area contributed by atoms with Crippen molar-refractivity contribution in [3.8, 4) is 0 Å². The standard InChI is InChI=1S/C12H9N3O2/c1-6-2-3-9-7(4-6)10-8(11(16)17-9)5-14-12(13)15-10/h2-5H,1H3,(H2,13,14,15). The molecule has 0 saturated heterocycles. The zero-order chi connectivity index (χ0) is 12.0. The number of nitrogens with zero attached hydrogens (tertiary/aromatic N) is 2. The summed E-state index contributed by atoms with van der Waals surface area (Å²) in [7, 11) is 0. The highest BCUT2D eigenvalue weighted by Crippen LogP contribution is 2.22. The maximum absolute atomic E-state index is 11.7. The van der Waals surface area contributed by atoms with Crippen LogP contribution in [-0.2, 0) is 0 Å². The quantitative estimate of drug-likeness (QED) is 0.466. The summed E-state index contributed by atoms with van der Waals surface area (Å²) in [5.41, 5.74) is 7.20. The molecule has 0 fully saturated rings. The lowest BCUT2D eigenvalue weighted by atomic mass is 10.1. The minimum atomic E-state index is -0.448. The fourth-order valence-electron chi connectivity index (χ4n) is 1.82. The number of anilines is 1. The van der Waals surface area contributed by atoms with Gasteiger partial charge in [0.05, 0.1) is 5.52 Å². The molecule has 0 saturated carbocycles. The highest BCUT2D eigenvalue weighted by Gasteiger charge is 2.09. The van der Waals surface area contributed by atoms with Crippen LogP contribution in [0, 0.1) is 6.92 Å². The van der Waals surface area contributed by atoms with E-state index in [1.165, 1.54) is 6.20 Å². The van der Waals surface area contributed by atoms with E-state index in [1.54, 1.807) is 6.07 Å². The van der Waals surface area contributed by atoms with Crippen molar-refractivity contribution >= 4 is 27.8 Å². The van der Waals surface area contributed by atoms with Gasteiger partial charge >= 0.3 is 5.63 Å². The molecule has 2 N–H and O–H groups in total. The van der Waals surface area contributed by atoms with Crippen LogP contribution in [0.3, 0.4) is 0 Å². The van der Waals surface area contributed by atoms with Gasteiger partial charge in [-0.25, -0.2) is 14.8 Å². The first-order valence-electron chi connectivity index (χ1n) is 5.11. The average Bonchev–Trinajstić information content (AvgIpc) is 2.30. The number of nitrogens with two attached hydrogens (primary N) is 1. The van der Waals surface area contributed by atoms with E-state index in [0.717, 1.165) is 10.9 Å². The maximum atomic E-state index is 11.7. The smallest absolute Gasteiger partial charge is 0.347 e. The van der Waals surface area contributed by atoms with Crippen LogP contribution in [0.15, 0.2) is 33.6 Å². The highest BCUT2D eigenvalue weighted by atomic mass is 16.4. The summed E-state index contributed by atoms with van der Waals surface area (Å²) in [5.74, 6) is 0.144. The fraction of sp³-hybridized carbons (Fsp3) is 0.0833. The molecule has 0 aliphatic carbocycles. The van der Waals surface area contributed by atoms with E-state index in [4.69, 9.17) is 10.2 Å². The Labute approximate surface area is 95.9 Å². The molecule has 5 heteroatoms. The van der Waals surface area contributed by atoms with Crippen LogP contribution in [0.2, 0.25) is 0 Å². The Morgan fingerprint density at radius 2 is 2.12 bits per heavy atom. The molecule has 0 unspecified atom stereocenters. The van der Waals surface area contributed by atoms with Crippen LogP contribution in [0.25, 0.3) is 21.9 Å². The van der Waals surface area contributed by atoms with E-state index in [-0.39, 0.29) is 5.95 Å². The van der Waals surface area contributed by atoms with Crippen molar-refractivity contribution in [3.63, 3.8) is 0 Å². The lowest BCUT2D eigenvalue weighted by molar-refractivity contribution is 0.569. The molecule has 0 aliphatic heterocycles. The molecule has 2 heterocycles. The summed E-state index contributed by atoms with van der Waals surface area (Å²) >= 11 is 0. The molecule has 1 aromatic carbocycles. The zero-order valence-electron chi connectivity index (χ0n) is 9.10. The highest BCUT2D eigenvalue weighted by molar-refractivity contribution is 6.01. The first-order chi connectivity index (χ1) is 8.15. The molecule has 0 spiro atoms. The normalized spacial score (nSPS) is 11.1. The van der Waals surface area contributed by atoms with Gasteiger partial charge < -0.3 is 10.2 Å². The second-order valence-electron chi connectivity index (χ2n) is 3.88. The van der Waals surface area contributed by atoms with Gasteiger partial charge in [0.15, 0.2) is 0 Å². The van der Waals surface area contributed by atoms with E-state index in [0.29, 0.717) is 16.5 Å². The van der Waals surface area contributed by atoms with Crippen LogP contribution in [0.5, 0.6) is 0 Å². The lowest BCUT2D eigenvalue weighted by Crippen LogP contribution is -2.04. The summed E-state index contributed by atoms with van der Waals surface area (Å²) in [6.45, 7) is 1.96. The van der Waals surface area contributed by atoms with E-state index in [1.807, 2.05) is 19.1 Å². The Kier molecular flexibility index (Phi) is 1.89. The van der Waals surface area contributed by atoms with Gasteiger partial charge in [-0.3, -0.25) is 0 Å². The van der Waals surface area contributed by atoms with Gasteiger partial charge in [-0.05, 0) is 19.1 Å². The van der Waals surface area contributed by atoms with E-state index in [2.05, 4.69) is 9.97 Å². The van der Waals surface area contributed by atoms with Crippen molar-refractivity contribution in [3.05, 3.63) is 40.4 Å². The molecule has 2 aromatic heterocycles. The summed E-state index contributed by atoms with van der Waals surface area (Å²) in [5, 5.41) is 1.12. The maximum Gasteiger partial charge on any atom is 0.347 e. The molecule has 5 nitrogen and oxygen atoms in total. The van der Waals surface area contributed by atoms with Crippen LogP contribution < -0.4 is 11.4 Å². The topological polar surface area (TPSA) is 82.0 Å². The largest absolute Gasteiger partial charge is 0.422 e. The Hall–Kier alpha value is -2.43. The number of benzene rings is 1. The van der Waals surface area contributed by atoms with Crippen molar-refractivity contribution in [2.24, 2.45) is 0 Å². The first-order valence-corrected chi connectivity index (χ1v) is 5.11. The Morgan fingerprint density at radius 3 is 2.94 bits per heavy atom. The molecule has 84 valence electrons. The molecule has 0 radical (unpaired) electrons. The molecule has 3 aromatic rings. The van der Waals surface area contributed by atoms with E-state index in [9.17, 15) is 4.79 Å². The number of hydrogen-bond acceptors (Lipinski definition) is 5. The van der Waals surface area contributed by atoms with Crippen LogP contribution in [0.1, 0.15) is 5.56 Å². The van der Waals surface area contributed by atoms with E-state index < -0.39 is 5.63 Å². The summed E-state index contributed by atoms with van der Waals surface area (Å²) in [6, 6.07) is 5.54. The monoisotopic (exact) mass is 227 g/mol. The van der Waals surface area contributed by atoms with Gasteiger partial charge in [0, 0.05) is 11.6 Å². The third-order valence-electron chi connectivity index (χ3n) is 2.62.